The second-order valence-corrected chi connectivity index (χ2v) is 4.43. The van der Waals surface area contributed by atoms with Gasteiger partial charge in [0.2, 0.25) is 0 Å². The van der Waals surface area contributed by atoms with E-state index in [0.29, 0.717) is 5.56 Å². The third kappa shape index (κ3) is 3.75. The summed E-state index contributed by atoms with van der Waals surface area (Å²) in [5.74, 6) is -2.09. The zero-order valence-corrected chi connectivity index (χ0v) is 11.0. The maximum atomic E-state index is 13.2. The van der Waals surface area contributed by atoms with Gasteiger partial charge in [0.1, 0.15) is 18.2 Å². The van der Waals surface area contributed by atoms with Crippen molar-refractivity contribution in [2.45, 2.75) is 12.8 Å². The van der Waals surface area contributed by atoms with Crippen LogP contribution in [-0.2, 0) is 12.8 Å². The molecule has 0 saturated carbocycles. The number of benzene rings is 2. The molecule has 0 heterocycles. The van der Waals surface area contributed by atoms with E-state index in [2.05, 4.69) is 0 Å². The van der Waals surface area contributed by atoms with Crippen molar-refractivity contribution < 1.29 is 32.2 Å². The number of rotatable bonds is 4. The van der Waals surface area contributed by atoms with E-state index in [-0.39, 0.29) is 12.4 Å². The van der Waals surface area contributed by atoms with Gasteiger partial charge in [0.05, 0.1) is 11.1 Å². The summed E-state index contributed by atoms with van der Waals surface area (Å²) in [5.41, 5.74) is -0.901. The third-order valence-electron chi connectivity index (χ3n) is 2.85. The first-order chi connectivity index (χ1) is 10.3. The quantitative estimate of drug-likeness (QED) is 0.864. The summed E-state index contributed by atoms with van der Waals surface area (Å²) in [6.07, 6.45) is -4.42. The van der Waals surface area contributed by atoms with Crippen LogP contribution in [0.2, 0.25) is 0 Å². The van der Waals surface area contributed by atoms with Crippen LogP contribution in [-0.4, -0.2) is 11.1 Å². The summed E-state index contributed by atoms with van der Waals surface area (Å²) in [5, 5.41) is 8.79. The lowest BCUT2D eigenvalue weighted by molar-refractivity contribution is -0.137. The monoisotopic (exact) mass is 314 g/mol. The van der Waals surface area contributed by atoms with Crippen molar-refractivity contribution in [3.8, 4) is 5.75 Å². The number of halogens is 4. The number of carbonyl (C=O) groups is 1. The second-order valence-electron chi connectivity index (χ2n) is 4.43. The topological polar surface area (TPSA) is 46.5 Å². The van der Waals surface area contributed by atoms with Gasteiger partial charge in [-0.15, -0.1) is 0 Å². The molecule has 0 aliphatic rings. The van der Waals surface area contributed by atoms with E-state index in [9.17, 15) is 22.4 Å². The normalized spacial score (nSPS) is 11.3. The summed E-state index contributed by atoms with van der Waals surface area (Å²) in [6, 6.07) is 7.52. The number of alkyl halides is 3. The molecule has 0 spiro atoms. The minimum atomic E-state index is -4.42. The average Bonchev–Trinajstić information content (AvgIpc) is 2.45. The third-order valence-corrected chi connectivity index (χ3v) is 2.85. The summed E-state index contributed by atoms with van der Waals surface area (Å²) in [6.45, 7) is -0.0913. The summed E-state index contributed by atoms with van der Waals surface area (Å²) < 4.78 is 55.7. The lowest BCUT2D eigenvalue weighted by Crippen LogP contribution is -2.05. The molecule has 0 unspecified atom stereocenters. The Morgan fingerprint density at radius 2 is 1.73 bits per heavy atom. The number of hydrogen-bond acceptors (Lipinski definition) is 2. The number of hydrogen-bond donors (Lipinski definition) is 1. The van der Waals surface area contributed by atoms with Crippen molar-refractivity contribution in [3.63, 3.8) is 0 Å². The van der Waals surface area contributed by atoms with Crippen molar-refractivity contribution in [3.05, 3.63) is 65.0 Å². The molecule has 2 aromatic carbocycles. The van der Waals surface area contributed by atoms with Gasteiger partial charge in [-0.05, 0) is 42.0 Å². The Labute approximate surface area is 122 Å². The minimum Gasteiger partial charge on any atom is -0.489 e. The van der Waals surface area contributed by atoms with Gasteiger partial charge in [-0.3, -0.25) is 0 Å². The number of ether oxygens (including phenoxy) is 1. The molecule has 7 heteroatoms. The fourth-order valence-corrected chi connectivity index (χ4v) is 1.73. The molecule has 0 radical (unpaired) electrons. The number of carboxylic acids is 1. The van der Waals surface area contributed by atoms with Gasteiger partial charge in [-0.2, -0.15) is 13.2 Å². The molecule has 0 aromatic heterocycles. The molecular weight excluding hydrogens is 304 g/mol. The number of carboxylic acid groups (broad SMARTS) is 1. The van der Waals surface area contributed by atoms with Gasteiger partial charge in [0.15, 0.2) is 0 Å². The number of aromatic carboxylic acids is 1. The first-order valence-electron chi connectivity index (χ1n) is 6.09. The average molecular weight is 314 g/mol. The van der Waals surface area contributed by atoms with Crippen molar-refractivity contribution in [2.75, 3.05) is 0 Å². The summed E-state index contributed by atoms with van der Waals surface area (Å²) >= 11 is 0. The van der Waals surface area contributed by atoms with Crippen molar-refractivity contribution in [1.82, 2.24) is 0 Å². The molecule has 0 saturated heterocycles. The highest BCUT2D eigenvalue weighted by Gasteiger charge is 2.30. The van der Waals surface area contributed by atoms with Crippen LogP contribution in [0.3, 0.4) is 0 Å². The molecular formula is C15H10F4O3. The smallest absolute Gasteiger partial charge is 0.416 e. The molecule has 0 fully saturated rings. The highest BCUT2D eigenvalue weighted by Crippen LogP contribution is 2.30. The molecule has 116 valence electrons. The van der Waals surface area contributed by atoms with Crippen LogP contribution in [0.1, 0.15) is 21.5 Å². The highest BCUT2D eigenvalue weighted by atomic mass is 19.4. The fourth-order valence-electron chi connectivity index (χ4n) is 1.73. The Morgan fingerprint density at radius 3 is 2.27 bits per heavy atom. The van der Waals surface area contributed by atoms with E-state index in [1.165, 1.54) is 6.07 Å². The standard InChI is InChI=1S/C15H10F4O3/c16-13-6-1-9(7-12(13)14(20)21)8-22-11-4-2-10(3-5-11)15(17,18)19/h1-7H,8H2,(H,20,21). The van der Waals surface area contributed by atoms with Gasteiger partial charge in [-0.25, -0.2) is 9.18 Å². The highest BCUT2D eigenvalue weighted by molar-refractivity contribution is 5.88. The van der Waals surface area contributed by atoms with Crippen LogP contribution in [0, 0.1) is 5.82 Å². The molecule has 0 bridgehead atoms. The predicted octanol–water partition coefficient (Wildman–Crippen LogP) is 4.12. The van der Waals surface area contributed by atoms with Crippen LogP contribution in [0.15, 0.2) is 42.5 Å². The maximum absolute atomic E-state index is 13.2. The Balaban J connectivity index is 2.07. The first-order valence-corrected chi connectivity index (χ1v) is 6.09. The lowest BCUT2D eigenvalue weighted by atomic mass is 10.1. The summed E-state index contributed by atoms with van der Waals surface area (Å²) in [4.78, 5) is 10.8. The fraction of sp³-hybridized carbons (Fsp3) is 0.133. The van der Waals surface area contributed by atoms with Crippen LogP contribution < -0.4 is 4.74 Å². The maximum Gasteiger partial charge on any atom is 0.416 e. The summed E-state index contributed by atoms with van der Waals surface area (Å²) in [7, 11) is 0. The SMILES string of the molecule is O=C(O)c1cc(COc2ccc(C(F)(F)F)cc2)ccc1F. The Bertz CT molecular complexity index is 678. The second kappa shape index (κ2) is 6.05. The molecule has 0 aliphatic heterocycles. The zero-order valence-electron chi connectivity index (χ0n) is 11.0. The molecule has 22 heavy (non-hydrogen) atoms. The van der Waals surface area contributed by atoms with Gasteiger partial charge >= 0.3 is 12.1 Å². The zero-order chi connectivity index (χ0) is 16.3. The first kappa shape index (κ1) is 15.8. The molecule has 0 amide bonds. The molecule has 1 N–H and O–H groups in total. The van der Waals surface area contributed by atoms with Crippen LogP contribution in [0.5, 0.6) is 5.75 Å². The van der Waals surface area contributed by atoms with E-state index in [0.717, 1.165) is 36.4 Å². The van der Waals surface area contributed by atoms with Crippen molar-refractivity contribution in [2.24, 2.45) is 0 Å². The van der Waals surface area contributed by atoms with Gasteiger partial charge in [0.25, 0.3) is 0 Å². The molecule has 0 atom stereocenters. The largest absolute Gasteiger partial charge is 0.489 e. The Hall–Kier alpha value is -2.57. The van der Waals surface area contributed by atoms with Gasteiger partial charge < -0.3 is 9.84 Å². The van der Waals surface area contributed by atoms with Crippen LogP contribution in [0.25, 0.3) is 0 Å². The van der Waals surface area contributed by atoms with Crippen molar-refractivity contribution in [1.29, 1.82) is 0 Å². The van der Waals surface area contributed by atoms with E-state index in [1.807, 2.05) is 0 Å². The van der Waals surface area contributed by atoms with E-state index in [1.54, 1.807) is 0 Å². The van der Waals surface area contributed by atoms with E-state index in [4.69, 9.17) is 9.84 Å². The van der Waals surface area contributed by atoms with Gasteiger partial charge in [0, 0.05) is 0 Å². The minimum absolute atomic E-state index is 0.0913. The van der Waals surface area contributed by atoms with Gasteiger partial charge in [-0.1, -0.05) is 6.07 Å². The van der Waals surface area contributed by atoms with E-state index < -0.39 is 29.1 Å². The molecule has 2 rings (SSSR count). The molecule has 2 aromatic rings. The Morgan fingerprint density at radius 1 is 1.09 bits per heavy atom. The molecule has 3 nitrogen and oxygen atoms in total. The predicted molar refractivity (Wildman–Crippen MR) is 69.1 cm³/mol. The van der Waals surface area contributed by atoms with Crippen LogP contribution >= 0.6 is 0 Å². The van der Waals surface area contributed by atoms with Crippen molar-refractivity contribution >= 4 is 5.97 Å². The molecule has 0 aliphatic carbocycles. The van der Waals surface area contributed by atoms with Crippen LogP contribution in [0.4, 0.5) is 17.6 Å². The Kier molecular flexibility index (Phi) is 4.35. The van der Waals surface area contributed by atoms with E-state index >= 15 is 0 Å². The lowest BCUT2D eigenvalue weighted by Gasteiger charge is -2.10.